The van der Waals surface area contributed by atoms with Gasteiger partial charge in [0.2, 0.25) is 0 Å². The minimum absolute atomic E-state index is 0.175. The first-order valence-electron chi connectivity index (χ1n) is 8.28. The molecule has 0 N–H and O–H groups in total. The van der Waals surface area contributed by atoms with E-state index < -0.39 is 0 Å². The monoisotopic (exact) mass is 355 g/mol. The molecule has 1 atom stereocenters. The highest BCUT2D eigenvalue weighted by Gasteiger charge is 2.30. The van der Waals surface area contributed by atoms with E-state index in [0.29, 0.717) is 0 Å². The zero-order valence-electron chi connectivity index (χ0n) is 13.9. The Morgan fingerprint density at radius 3 is 2.78 bits per heavy atom. The first kappa shape index (κ1) is 17.2. The maximum absolute atomic E-state index is 13.1. The van der Waals surface area contributed by atoms with Gasteiger partial charge in [-0.3, -0.25) is 9.69 Å². The Labute approximate surface area is 146 Å². The molecule has 0 spiro atoms. The van der Waals surface area contributed by atoms with Crippen molar-refractivity contribution < 1.29 is 9.53 Å². The number of aryl methyl sites for hydroxylation is 2. The smallest absolute Gasteiger partial charge is 0.266 e. The third-order valence-electron chi connectivity index (χ3n) is 4.37. The predicted molar refractivity (Wildman–Crippen MR) is 95.6 cm³/mol. The van der Waals surface area contributed by atoms with E-state index in [1.165, 1.54) is 11.3 Å². The summed E-state index contributed by atoms with van der Waals surface area (Å²) in [5.41, 5.74) is 0.875. The lowest BCUT2D eigenvalue weighted by Crippen LogP contribution is -2.50. The van der Waals surface area contributed by atoms with Crippen LogP contribution in [0.15, 0.2) is 0 Å². The number of thiazole rings is 1. The molecule has 2 saturated heterocycles. The fourth-order valence-corrected chi connectivity index (χ4v) is 5.12. The van der Waals surface area contributed by atoms with E-state index in [-0.39, 0.29) is 11.9 Å². The van der Waals surface area contributed by atoms with Crippen LogP contribution in [0.4, 0.5) is 0 Å². The molecule has 1 unspecified atom stereocenters. The Hall–Kier alpha value is -0.630. The van der Waals surface area contributed by atoms with Gasteiger partial charge in [-0.25, -0.2) is 4.98 Å². The van der Waals surface area contributed by atoms with E-state index in [2.05, 4.69) is 14.8 Å². The number of rotatable bonds is 3. The zero-order valence-corrected chi connectivity index (χ0v) is 15.5. The van der Waals surface area contributed by atoms with E-state index in [9.17, 15) is 4.79 Å². The van der Waals surface area contributed by atoms with Gasteiger partial charge in [0.05, 0.1) is 30.0 Å². The van der Waals surface area contributed by atoms with Gasteiger partial charge in [0, 0.05) is 31.9 Å². The van der Waals surface area contributed by atoms with Crippen molar-refractivity contribution in [2.75, 3.05) is 50.9 Å². The molecule has 1 aromatic heterocycles. The Balaban J connectivity index is 1.74. The van der Waals surface area contributed by atoms with Crippen LogP contribution >= 0.6 is 23.1 Å². The quantitative estimate of drug-likeness (QED) is 0.830. The fourth-order valence-electron chi connectivity index (χ4n) is 3.19. The number of ether oxygens (including phenoxy) is 1. The number of hydrogen-bond donors (Lipinski definition) is 0. The van der Waals surface area contributed by atoms with Crippen LogP contribution in [0, 0.1) is 13.8 Å². The summed E-state index contributed by atoms with van der Waals surface area (Å²) in [6.07, 6.45) is 1.08. The molecule has 0 aliphatic carbocycles. The number of aromatic nitrogens is 1. The SMILES string of the molecule is Cc1nc(C)c(C(=O)N2CCCSCC2CN2CCOCC2)s1. The van der Waals surface area contributed by atoms with Crippen molar-refractivity contribution in [3.63, 3.8) is 0 Å². The largest absolute Gasteiger partial charge is 0.379 e. The van der Waals surface area contributed by atoms with Crippen molar-refractivity contribution in [2.24, 2.45) is 0 Å². The molecule has 2 aliphatic heterocycles. The van der Waals surface area contributed by atoms with Crippen molar-refractivity contribution >= 4 is 29.0 Å². The summed E-state index contributed by atoms with van der Waals surface area (Å²) in [5.74, 6) is 2.35. The lowest BCUT2D eigenvalue weighted by atomic mass is 10.2. The normalized spacial score (nSPS) is 23.7. The first-order valence-corrected chi connectivity index (χ1v) is 10.2. The zero-order chi connectivity index (χ0) is 16.2. The second kappa shape index (κ2) is 7.96. The number of hydrogen-bond acceptors (Lipinski definition) is 6. The Morgan fingerprint density at radius 1 is 1.30 bits per heavy atom. The van der Waals surface area contributed by atoms with Crippen LogP contribution in [0.2, 0.25) is 0 Å². The molecule has 1 aromatic rings. The molecule has 2 fully saturated rings. The van der Waals surface area contributed by atoms with Gasteiger partial charge in [0.15, 0.2) is 0 Å². The lowest BCUT2D eigenvalue weighted by molar-refractivity contribution is 0.0245. The molecule has 0 bridgehead atoms. The van der Waals surface area contributed by atoms with E-state index in [1.54, 1.807) is 0 Å². The average Bonchev–Trinajstić information content (AvgIpc) is 2.74. The molecule has 2 aliphatic rings. The van der Waals surface area contributed by atoms with Crippen LogP contribution in [-0.4, -0.2) is 77.6 Å². The maximum atomic E-state index is 13.1. The van der Waals surface area contributed by atoms with Gasteiger partial charge in [-0.2, -0.15) is 11.8 Å². The minimum atomic E-state index is 0.175. The second-order valence-corrected chi connectivity index (χ2v) is 8.49. The molecule has 0 radical (unpaired) electrons. The molecule has 0 saturated carbocycles. The summed E-state index contributed by atoms with van der Waals surface area (Å²) >= 11 is 3.50. The van der Waals surface area contributed by atoms with Crippen LogP contribution in [-0.2, 0) is 4.74 Å². The summed E-state index contributed by atoms with van der Waals surface area (Å²) in [6, 6.07) is 0.287. The van der Waals surface area contributed by atoms with E-state index in [1.807, 2.05) is 25.6 Å². The summed E-state index contributed by atoms with van der Waals surface area (Å²) in [5, 5.41) is 0.972. The molecule has 128 valence electrons. The van der Waals surface area contributed by atoms with Crippen molar-refractivity contribution in [3.05, 3.63) is 15.6 Å². The minimum Gasteiger partial charge on any atom is -0.379 e. The molecule has 5 nitrogen and oxygen atoms in total. The van der Waals surface area contributed by atoms with E-state index in [4.69, 9.17) is 4.74 Å². The van der Waals surface area contributed by atoms with Crippen LogP contribution in [0.25, 0.3) is 0 Å². The van der Waals surface area contributed by atoms with Crippen molar-refractivity contribution in [2.45, 2.75) is 26.3 Å². The standard InChI is InChI=1S/C16H25N3O2S2/c1-12-15(23-13(2)17-12)16(20)19-4-3-9-22-11-14(19)10-18-5-7-21-8-6-18/h14H,3-11H2,1-2H3. The first-order chi connectivity index (χ1) is 11.1. The molecule has 3 rings (SSSR count). The molecule has 23 heavy (non-hydrogen) atoms. The van der Waals surface area contributed by atoms with Crippen LogP contribution < -0.4 is 0 Å². The van der Waals surface area contributed by atoms with Crippen molar-refractivity contribution in [1.29, 1.82) is 0 Å². The lowest BCUT2D eigenvalue weighted by Gasteiger charge is -2.35. The highest BCUT2D eigenvalue weighted by molar-refractivity contribution is 7.99. The average molecular weight is 356 g/mol. The fraction of sp³-hybridized carbons (Fsp3) is 0.750. The molecule has 7 heteroatoms. The molecular formula is C16H25N3O2S2. The molecular weight excluding hydrogens is 330 g/mol. The Bertz CT molecular complexity index is 543. The van der Waals surface area contributed by atoms with Gasteiger partial charge in [-0.1, -0.05) is 0 Å². The maximum Gasteiger partial charge on any atom is 0.266 e. The Morgan fingerprint density at radius 2 is 2.09 bits per heavy atom. The van der Waals surface area contributed by atoms with Crippen molar-refractivity contribution in [1.82, 2.24) is 14.8 Å². The second-order valence-electron chi connectivity index (χ2n) is 6.14. The summed E-state index contributed by atoms with van der Waals surface area (Å²) < 4.78 is 5.44. The highest BCUT2D eigenvalue weighted by atomic mass is 32.2. The molecule has 1 amide bonds. The number of morpholine rings is 1. The van der Waals surface area contributed by atoms with Gasteiger partial charge in [0.25, 0.3) is 5.91 Å². The van der Waals surface area contributed by atoms with Gasteiger partial charge < -0.3 is 9.64 Å². The topological polar surface area (TPSA) is 45.7 Å². The van der Waals surface area contributed by atoms with Crippen molar-refractivity contribution in [3.8, 4) is 0 Å². The van der Waals surface area contributed by atoms with Gasteiger partial charge in [-0.15, -0.1) is 11.3 Å². The third-order valence-corrected chi connectivity index (χ3v) is 6.63. The Kier molecular flexibility index (Phi) is 5.96. The third kappa shape index (κ3) is 4.26. The van der Waals surface area contributed by atoms with Gasteiger partial charge >= 0.3 is 0 Å². The number of carbonyl (C=O) groups is 1. The van der Waals surface area contributed by atoms with E-state index >= 15 is 0 Å². The molecule has 0 aromatic carbocycles. The predicted octanol–water partition coefficient (Wildman–Crippen LogP) is 2.04. The highest BCUT2D eigenvalue weighted by Crippen LogP contribution is 2.24. The van der Waals surface area contributed by atoms with E-state index in [0.717, 1.165) is 72.9 Å². The summed E-state index contributed by atoms with van der Waals surface area (Å²) in [4.78, 5) is 22.9. The number of thioether (sulfide) groups is 1. The number of nitrogens with zero attached hydrogens (tertiary/aromatic N) is 3. The van der Waals surface area contributed by atoms with Crippen LogP contribution in [0.1, 0.15) is 26.8 Å². The summed E-state index contributed by atoms with van der Waals surface area (Å²) in [6.45, 7) is 9.29. The van der Waals surface area contributed by atoms with Crippen LogP contribution in [0.3, 0.4) is 0 Å². The van der Waals surface area contributed by atoms with Crippen LogP contribution in [0.5, 0.6) is 0 Å². The summed E-state index contributed by atoms with van der Waals surface area (Å²) in [7, 11) is 0. The van der Waals surface area contributed by atoms with Gasteiger partial charge in [0.1, 0.15) is 4.88 Å². The molecule has 3 heterocycles. The number of carbonyl (C=O) groups excluding carboxylic acids is 1. The number of amides is 1. The van der Waals surface area contributed by atoms with Gasteiger partial charge in [-0.05, 0) is 26.0 Å².